The maximum atomic E-state index is 12.5. The molecule has 0 amide bonds. The Labute approximate surface area is 184 Å². The number of thiophene rings is 1. The van der Waals surface area contributed by atoms with Gasteiger partial charge in [0.2, 0.25) is 5.88 Å². The molecule has 2 N–H and O–H groups in total. The van der Waals surface area contributed by atoms with Gasteiger partial charge in [0.05, 0.1) is 21.4 Å². The Balaban J connectivity index is 1.67. The van der Waals surface area contributed by atoms with E-state index in [4.69, 9.17) is 26.8 Å². The fraction of sp³-hybridized carbons (Fsp3) is 0.0476. The molecule has 1 unspecified atom stereocenters. The molecule has 0 aliphatic carbocycles. The number of ether oxygens (including phenoxy) is 2. The predicted octanol–water partition coefficient (Wildman–Crippen LogP) is 4.75. The second-order valence-electron chi connectivity index (χ2n) is 6.45. The molecule has 8 nitrogen and oxygen atoms in total. The van der Waals surface area contributed by atoms with E-state index in [0.29, 0.717) is 16.9 Å². The minimum absolute atomic E-state index is 0.0217. The summed E-state index contributed by atoms with van der Waals surface area (Å²) in [4.78, 5) is 23.8. The highest BCUT2D eigenvalue weighted by Gasteiger charge is 2.31. The number of hydrogen-bond acceptors (Lipinski definition) is 8. The zero-order valence-electron chi connectivity index (χ0n) is 15.6. The predicted molar refractivity (Wildman–Crippen MR) is 113 cm³/mol. The summed E-state index contributed by atoms with van der Waals surface area (Å²) in [5.41, 5.74) is 6.52. The Hall–Kier alpha value is -3.87. The third-order valence-electron chi connectivity index (χ3n) is 4.61. The Morgan fingerprint density at radius 3 is 2.77 bits per heavy atom. The van der Waals surface area contributed by atoms with Gasteiger partial charge in [-0.1, -0.05) is 23.7 Å². The molecule has 1 aliphatic rings. The summed E-state index contributed by atoms with van der Waals surface area (Å²) in [6.07, 6.45) is 0. The summed E-state index contributed by atoms with van der Waals surface area (Å²) in [5.74, 6) is -0.821. The lowest BCUT2D eigenvalue weighted by atomic mass is 9.88. The first-order valence-corrected chi connectivity index (χ1v) is 10.1. The number of nitriles is 1. The lowest BCUT2D eigenvalue weighted by molar-refractivity contribution is -0.384. The number of benzene rings is 2. The van der Waals surface area contributed by atoms with Crippen LogP contribution in [-0.2, 0) is 0 Å². The van der Waals surface area contributed by atoms with Gasteiger partial charge in [0.25, 0.3) is 5.69 Å². The molecule has 1 aliphatic heterocycles. The van der Waals surface area contributed by atoms with Crippen LogP contribution in [0.2, 0.25) is 5.02 Å². The normalized spacial score (nSPS) is 14.9. The van der Waals surface area contributed by atoms with E-state index in [1.807, 2.05) is 17.5 Å². The molecule has 154 valence electrons. The Morgan fingerprint density at radius 2 is 2.10 bits per heavy atom. The van der Waals surface area contributed by atoms with Crippen LogP contribution in [0, 0.1) is 21.4 Å². The number of nitro benzene ring substituents is 1. The van der Waals surface area contributed by atoms with Crippen LogP contribution in [0.1, 0.15) is 26.7 Å². The molecule has 3 aromatic rings. The van der Waals surface area contributed by atoms with Crippen molar-refractivity contribution < 1.29 is 19.2 Å². The molecule has 1 atom stereocenters. The average molecular weight is 454 g/mol. The molecule has 0 saturated carbocycles. The third-order valence-corrected chi connectivity index (χ3v) is 5.88. The number of carbonyl (C=O) groups is 1. The van der Waals surface area contributed by atoms with Crippen molar-refractivity contribution in [2.24, 2.45) is 5.73 Å². The highest BCUT2D eigenvalue weighted by Crippen LogP contribution is 2.44. The number of fused-ring (bicyclic) bond motifs is 1. The lowest BCUT2D eigenvalue weighted by Gasteiger charge is -2.25. The van der Waals surface area contributed by atoms with Crippen molar-refractivity contribution in [3.05, 3.63) is 96.5 Å². The Morgan fingerprint density at radius 1 is 1.29 bits per heavy atom. The quantitative estimate of drug-likeness (QED) is 0.261. The van der Waals surface area contributed by atoms with E-state index >= 15 is 0 Å². The monoisotopic (exact) mass is 453 g/mol. The number of esters is 1. The van der Waals surface area contributed by atoms with E-state index in [0.717, 1.165) is 10.9 Å². The van der Waals surface area contributed by atoms with E-state index < -0.39 is 16.8 Å². The van der Waals surface area contributed by atoms with E-state index in [1.165, 1.54) is 29.5 Å². The number of nitro groups is 1. The summed E-state index contributed by atoms with van der Waals surface area (Å²) >= 11 is 7.48. The van der Waals surface area contributed by atoms with E-state index in [2.05, 4.69) is 6.07 Å². The van der Waals surface area contributed by atoms with E-state index in [-0.39, 0.29) is 27.9 Å². The molecule has 0 radical (unpaired) electrons. The van der Waals surface area contributed by atoms with Crippen LogP contribution >= 0.6 is 22.9 Å². The van der Waals surface area contributed by atoms with Gasteiger partial charge in [0.1, 0.15) is 23.1 Å². The fourth-order valence-electron chi connectivity index (χ4n) is 3.19. The topological polar surface area (TPSA) is 128 Å². The second kappa shape index (κ2) is 8.10. The second-order valence-corrected chi connectivity index (χ2v) is 7.84. The van der Waals surface area contributed by atoms with Crippen molar-refractivity contribution in [2.75, 3.05) is 0 Å². The zero-order chi connectivity index (χ0) is 22.1. The maximum absolute atomic E-state index is 12.5. The molecule has 1 aromatic heterocycles. The molecule has 4 rings (SSSR count). The third kappa shape index (κ3) is 3.82. The number of hydrogen-bond donors (Lipinski definition) is 1. The average Bonchev–Trinajstić information content (AvgIpc) is 3.27. The summed E-state index contributed by atoms with van der Waals surface area (Å²) in [5, 5.41) is 22.4. The SMILES string of the molecule is N#CC1=C(N)Oc2cc(OC(=O)c3cc([N+](=O)[O-])ccc3Cl)ccc2C1c1cccs1. The lowest BCUT2D eigenvalue weighted by Crippen LogP contribution is -2.20. The first kappa shape index (κ1) is 20.4. The van der Waals surface area contributed by atoms with Gasteiger partial charge in [0, 0.05) is 28.6 Å². The minimum Gasteiger partial charge on any atom is -0.440 e. The Kier molecular flexibility index (Phi) is 5.33. The number of nitrogens with two attached hydrogens (primary N) is 1. The summed E-state index contributed by atoms with van der Waals surface area (Å²) < 4.78 is 10.9. The molecule has 31 heavy (non-hydrogen) atoms. The minimum atomic E-state index is -0.861. The number of carbonyl (C=O) groups excluding carboxylic acids is 1. The molecule has 10 heteroatoms. The largest absolute Gasteiger partial charge is 0.440 e. The highest BCUT2D eigenvalue weighted by atomic mass is 35.5. The molecule has 0 fully saturated rings. The highest BCUT2D eigenvalue weighted by molar-refractivity contribution is 7.10. The molecule has 0 saturated heterocycles. The zero-order valence-corrected chi connectivity index (χ0v) is 17.1. The smallest absolute Gasteiger partial charge is 0.345 e. The van der Waals surface area contributed by atoms with Crippen molar-refractivity contribution >= 4 is 34.6 Å². The van der Waals surface area contributed by atoms with E-state index in [9.17, 15) is 20.2 Å². The van der Waals surface area contributed by atoms with Crippen molar-refractivity contribution in [3.8, 4) is 17.6 Å². The van der Waals surface area contributed by atoms with Crippen LogP contribution in [0.4, 0.5) is 5.69 Å². The van der Waals surface area contributed by atoms with Gasteiger partial charge in [-0.05, 0) is 23.6 Å². The number of nitrogens with zero attached hydrogens (tertiary/aromatic N) is 2. The van der Waals surface area contributed by atoms with Crippen LogP contribution in [0.25, 0.3) is 0 Å². The molecule has 2 heterocycles. The van der Waals surface area contributed by atoms with Gasteiger partial charge in [-0.15, -0.1) is 11.3 Å². The molecular weight excluding hydrogens is 442 g/mol. The number of halogens is 1. The summed E-state index contributed by atoms with van der Waals surface area (Å²) in [6.45, 7) is 0. The maximum Gasteiger partial charge on any atom is 0.345 e. The molecular formula is C21H12ClN3O5S. The van der Waals surface area contributed by atoms with Gasteiger partial charge in [-0.25, -0.2) is 4.79 Å². The first-order valence-electron chi connectivity index (χ1n) is 8.80. The van der Waals surface area contributed by atoms with Gasteiger partial charge in [-0.3, -0.25) is 10.1 Å². The summed E-state index contributed by atoms with van der Waals surface area (Å²) in [7, 11) is 0. The van der Waals surface area contributed by atoms with Gasteiger partial charge < -0.3 is 15.2 Å². The first-order chi connectivity index (χ1) is 14.9. The molecule has 0 spiro atoms. The molecule has 2 aromatic carbocycles. The van der Waals surface area contributed by atoms with Crippen molar-refractivity contribution in [1.29, 1.82) is 5.26 Å². The Bertz CT molecular complexity index is 1280. The summed E-state index contributed by atoms with van der Waals surface area (Å²) in [6, 6.07) is 14.1. The van der Waals surface area contributed by atoms with Crippen LogP contribution < -0.4 is 15.2 Å². The van der Waals surface area contributed by atoms with Gasteiger partial charge in [-0.2, -0.15) is 5.26 Å². The van der Waals surface area contributed by atoms with Crippen LogP contribution in [0.3, 0.4) is 0 Å². The van der Waals surface area contributed by atoms with Crippen LogP contribution in [0.15, 0.2) is 65.4 Å². The van der Waals surface area contributed by atoms with Crippen LogP contribution in [-0.4, -0.2) is 10.9 Å². The van der Waals surface area contributed by atoms with Crippen molar-refractivity contribution in [3.63, 3.8) is 0 Å². The van der Waals surface area contributed by atoms with E-state index in [1.54, 1.807) is 12.1 Å². The standard InChI is InChI=1S/C21H12ClN3O5S/c22-16-6-3-11(25(27)28)8-14(16)21(26)29-12-4-5-13-17(9-12)30-20(24)15(10-23)19(13)18-2-1-7-31-18/h1-9,19H,24H2. The van der Waals surface area contributed by atoms with Crippen molar-refractivity contribution in [2.45, 2.75) is 5.92 Å². The van der Waals surface area contributed by atoms with Crippen molar-refractivity contribution in [1.82, 2.24) is 0 Å². The van der Waals surface area contributed by atoms with Gasteiger partial charge in [0.15, 0.2) is 0 Å². The number of allylic oxidation sites excluding steroid dienone is 1. The molecule has 0 bridgehead atoms. The van der Waals surface area contributed by atoms with Crippen LogP contribution in [0.5, 0.6) is 11.5 Å². The number of rotatable bonds is 4. The van der Waals surface area contributed by atoms with Gasteiger partial charge >= 0.3 is 5.97 Å². The fourth-order valence-corrected chi connectivity index (χ4v) is 4.24. The number of non-ortho nitro benzene ring substituents is 1.